The molecule has 0 fully saturated rings. The Morgan fingerprint density at radius 3 is 2.32 bits per heavy atom. The van der Waals surface area contributed by atoms with Gasteiger partial charge in [0.2, 0.25) is 0 Å². The summed E-state index contributed by atoms with van der Waals surface area (Å²) in [6.07, 6.45) is 3.25. The summed E-state index contributed by atoms with van der Waals surface area (Å²) < 4.78 is 13.3. The number of aryl methyl sites for hydroxylation is 1. The van der Waals surface area contributed by atoms with Crippen LogP contribution in [0.4, 0.5) is 0 Å². The third kappa shape index (κ3) is 3.33. The van der Waals surface area contributed by atoms with E-state index in [9.17, 15) is 4.57 Å². The second-order valence-electron chi connectivity index (χ2n) is 5.02. The van der Waals surface area contributed by atoms with Gasteiger partial charge in [-0.3, -0.25) is 4.98 Å². The third-order valence-electron chi connectivity index (χ3n) is 3.45. The number of nitrogens with zero attached hydrogens (tertiary/aromatic N) is 1. The van der Waals surface area contributed by atoms with Crippen molar-refractivity contribution < 1.29 is 4.57 Å². The fourth-order valence-electron chi connectivity index (χ4n) is 2.19. The van der Waals surface area contributed by atoms with E-state index in [0.29, 0.717) is 6.16 Å². The fraction of sp³-hybridized carbons (Fsp3) is 0.312. The number of benzene rings is 1. The van der Waals surface area contributed by atoms with Crippen LogP contribution in [0.15, 0.2) is 54.7 Å². The minimum atomic E-state index is -2.35. The Morgan fingerprint density at radius 2 is 1.74 bits per heavy atom. The van der Waals surface area contributed by atoms with Crippen molar-refractivity contribution in [1.82, 2.24) is 4.98 Å². The molecule has 3 heteroatoms. The molecule has 1 heterocycles. The Balaban J connectivity index is 2.20. The number of rotatable bonds is 5. The van der Waals surface area contributed by atoms with Crippen LogP contribution in [0.3, 0.4) is 0 Å². The SMILES string of the molecule is CC(C)[P@@](=O)(CCc1ccccn1)c1ccccc1. The van der Waals surface area contributed by atoms with Crippen LogP contribution in [-0.4, -0.2) is 16.8 Å². The van der Waals surface area contributed by atoms with Crippen LogP contribution < -0.4 is 5.30 Å². The second kappa shape index (κ2) is 6.16. The molecule has 0 aliphatic carbocycles. The summed E-state index contributed by atoms with van der Waals surface area (Å²) in [6.45, 7) is 4.10. The summed E-state index contributed by atoms with van der Waals surface area (Å²) >= 11 is 0. The Labute approximate surface area is 115 Å². The summed E-state index contributed by atoms with van der Waals surface area (Å²) in [4.78, 5) is 4.31. The van der Waals surface area contributed by atoms with Crippen LogP contribution in [0, 0.1) is 0 Å². The van der Waals surface area contributed by atoms with Crippen molar-refractivity contribution >= 4 is 12.4 Å². The summed E-state index contributed by atoms with van der Waals surface area (Å²) in [6, 6.07) is 15.7. The Kier molecular flexibility index (Phi) is 4.55. The summed E-state index contributed by atoms with van der Waals surface area (Å²) in [5.41, 5.74) is 1.18. The maximum absolute atomic E-state index is 13.3. The van der Waals surface area contributed by atoms with E-state index in [1.807, 2.05) is 62.4 Å². The lowest BCUT2D eigenvalue weighted by molar-refractivity contribution is 0.574. The molecule has 0 unspecified atom stereocenters. The van der Waals surface area contributed by atoms with Gasteiger partial charge in [0.15, 0.2) is 0 Å². The van der Waals surface area contributed by atoms with E-state index in [1.165, 1.54) is 0 Å². The predicted molar refractivity (Wildman–Crippen MR) is 81.6 cm³/mol. The topological polar surface area (TPSA) is 30.0 Å². The van der Waals surface area contributed by atoms with E-state index < -0.39 is 7.14 Å². The molecule has 2 aromatic rings. The fourth-order valence-corrected chi connectivity index (χ4v) is 4.80. The average molecular weight is 273 g/mol. The summed E-state index contributed by atoms with van der Waals surface area (Å²) in [5, 5.41) is 0.987. The lowest BCUT2D eigenvalue weighted by Crippen LogP contribution is -2.16. The number of hydrogen-bond donors (Lipinski definition) is 0. The lowest BCUT2D eigenvalue weighted by atomic mass is 10.3. The van der Waals surface area contributed by atoms with Crippen molar-refractivity contribution in [2.75, 3.05) is 6.16 Å². The van der Waals surface area contributed by atoms with Crippen molar-refractivity contribution in [1.29, 1.82) is 0 Å². The molecule has 100 valence electrons. The molecule has 0 N–H and O–H groups in total. The number of aromatic nitrogens is 1. The first-order valence-electron chi connectivity index (χ1n) is 6.67. The summed E-state index contributed by atoms with van der Waals surface area (Å²) in [7, 11) is -2.35. The van der Waals surface area contributed by atoms with E-state index in [-0.39, 0.29) is 5.66 Å². The van der Waals surface area contributed by atoms with Crippen LogP contribution in [0.5, 0.6) is 0 Å². The normalized spacial score (nSPS) is 14.3. The van der Waals surface area contributed by atoms with Crippen molar-refractivity contribution in [3.05, 3.63) is 60.4 Å². The molecule has 0 saturated carbocycles. The Hall–Kier alpha value is -1.40. The van der Waals surface area contributed by atoms with E-state index >= 15 is 0 Å². The highest BCUT2D eigenvalue weighted by Gasteiger charge is 2.28. The van der Waals surface area contributed by atoms with Gasteiger partial charge in [-0.1, -0.05) is 50.2 Å². The van der Waals surface area contributed by atoms with Gasteiger partial charge in [-0.25, -0.2) is 0 Å². The molecule has 0 bridgehead atoms. The highest BCUT2D eigenvalue weighted by Crippen LogP contribution is 2.49. The standard InChI is InChI=1S/C16H20NOP/c1-14(2)19(18,16-9-4-3-5-10-16)13-11-15-8-6-7-12-17-15/h3-10,12,14H,11,13H2,1-2H3/t19-/m0/s1. The van der Waals surface area contributed by atoms with Crippen LogP contribution >= 0.6 is 7.14 Å². The molecule has 0 saturated heterocycles. The minimum absolute atomic E-state index is 0.165. The van der Waals surface area contributed by atoms with E-state index in [0.717, 1.165) is 17.4 Å². The van der Waals surface area contributed by atoms with E-state index in [4.69, 9.17) is 0 Å². The molecule has 19 heavy (non-hydrogen) atoms. The van der Waals surface area contributed by atoms with Crippen molar-refractivity contribution in [2.45, 2.75) is 25.9 Å². The van der Waals surface area contributed by atoms with Gasteiger partial charge in [0, 0.05) is 29.0 Å². The zero-order chi connectivity index (χ0) is 13.7. The monoisotopic (exact) mass is 273 g/mol. The lowest BCUT2D eigenvalue weighted by Gasteiger charge is -2.22. The molecular formula is C16H20NOP. The molecule has 0 spiro atoms. The van der Waals surface area contributed by atoms with E-state index in [1.54, 1.807) is 6.20 Å². The van der Waals surface area contributed by atoms with Gasteiger partial charge in [0.05, 0.1) is 0 Å². The van der Waals surface area contributed by atoms with Crippen molar-refractivity contribution in [2.24, 2.45) is 0 Å². The molecule has 0 aliphatic rings. The zero-order valence-electron chi connectivity index (χ0n) is 11.5. The number of pyridine rings is 1. The molecule has 0 aliphatic heterocycles. The van der Waals surface area contributed by atoms with Crippen molar-refractivity contribution in [3.8, 4) is 0 Å². The Bertz CT molecular complexity index is 551. The molecule has 1 aromatic heterocycles. The van der Waals surface area contributed by atoms with Gasteiger partial charge in [0.25, 0.3) is 0 Å². The van der Waals surface area contributed by atoms with Gasteiger partial charge in [-0.15, -0.1) is 0 Å². The largest absolute Gasteiger partial charge is 0.318 e. The first kappa shape index (κ1) is 14.0. The highest BCUT2D eigenvalue weighted by molar-refractivity contribution is 7.72. The Morgan fingerprint density at radius 1 is 1.05 bits per heavy atom. The van der Waals surface area contributed by atoms with Crippen LogP contribution in [0.25, 0.3) is 0 Å². The van der Waals surface area contributed by atoms with Crippen LogP contribution in [0.2, 0.25) is 0 Å². The maximum atomic E-state index is 13.3. The maximum Gasteiger partial charge on any atom is 0.118 e. The molecule has 1 aromatic carbocycles. The number of hydrogen-bond acceptors (Lipinski definition) is 2. The quantitative estimate of drug-likeness (QED) is 0.777. The molecule has 0 radical (unpaired) electrons. The predicted octanol–water partition coefficient (Wildman–Crippen LogP) is 3.72. The minimum Gasteiger partial charge on any atom is -0.318 e. The summed E-state index contributed by atoms with van der Waals surface area (Å²) in [5.74, 6) is 0. The highest BCUT2D eigenvalue weighted by atomic mass is 31.2. The zero-order valence-corrected chi connectivity index (χ0v) is 12.4. The van der Waals surface area contributed by atoms with Gasteiger partial charge in [0.1, 0.15) is 7.14 Å². The van der Waals surface area contributed by atoms with E-state index in [2.05, 4.69) is 4.98 Å². The molecule has 0 amide bonds. The third-order valence-corrected chi connectivity index (χ3v) is 7.18. The van der Waals surface area contributed by atoms with Gasteiger partial charge in [-0.2, -0.15) is 0 Å². The van der Waals surface area contributed by atoms with Gasteiger partial charge < -0.3 is 4.57 Å². The molecule has 2 nitrogen and oxygen atoms in total. The van der Waals surface area contributed by atoms with Crippen LogP contribution in [0.1, 0.15) is 19.5 Å². The van der Waals surface area contributed by atoms with Crippen molar-refractivity contribution in [3.63, 3.8) is 0 Å². The second-order valence-corrected chi connectivity index (χ2v) is 8.61. The smallest absolute Gasteiger partial charge is 0.118 e. The van der Waals surface area contributed by atoms with Gasteiger partial charge >= 0.3 is 0 Å². The average Bonchev–Trinajstić information content (AvgIpc) is 2.46. The first-order chi connectivity index (χ1) is 9.13. The molecular weight excluding hydrogens is 253 g/mol. The van der Waals surface area contributed by atoms with Crippen LogP contribution in [-0.2, 0) is 11.0 Å². The van der Waals surface area contributed by atoms with Gasteiger partial charge in [-0.05, 0) is 18.6 Å². The first-order valence-corrected chi connectivity index (χ1v) is 8.63. The molecule has 1 atom stereocenters. The molecule has 2 rings (SSSR count).